The van der Waals surface area contributed by atoms with Crippen molar-refractivity contribution in [2.24, 2.45) is 0 Å². The second-order valence-electron chi connectivity index (χ2n) is 6.91. The van der Waals surface area contributed by atoms with Crippen LogP contribution in [0.1, 0.15) is 58.9 Å². The number of hydrogen-bond acceptors (Lipinski definition) is 1. The molecule has 21 heavy (non-hydrogen) atoms. The first kappa shape index (κ1) is 15.5. The standard InChI is InChI=1S/C20H24O/c1-13-11-15(3)18(12-14(13)2)19(21)16-7-9-17(10-8-16)20(4,5)6/h7-12H,1-6H3. The molecule has 0 amide bonds. The van der Waals surface area contributed by atoms with Gasteiger partial charge in [0.25, 0.3) is 0 Å². The molecule has 2 aromatic carbocycles. The molecule has 0 heterocycles. The maximum absolute atomic E-state index is 12.7. The van der Waals surface area contributed by atoms with Crippen molar-refractivity contribution in [2.75, 3.05) is 0 Å². The van der Waals surface area contributed by atoms with E-state index in [1.165, 1.54) is 11.1 Å². The van der Waals surface area contributed by atoms with Gasteiger partial charge >= 0.3 is 0 Å². The summed E-state index contributed by atoms with van der Waals surface area (Å²) in [6, 6.07) is 12.1. The van der Waals surface area contributed by atoms with Gasteiger partial charge in [-0.2, -0.15) is 0 Å². The predicted molar refractivity (Wildman–Crippen MR) is 89.2 cm³/mol. The smallest absolute Gasteiger partial charge is 0.193 e. The van der Waals surface area contributed by atoms with Crippen LogP contribution < -0.4 is 0 Å². The highest BCUT2D eigenvalue weighted by atomic mass is 16.1. The number of carbonyl (C=O) groups excluding carboxylic acids is 1. The van der Waals surface area contributed by atoms with E-state index in [2.05, 4.69) is 45.9 Å². The Morgan fingerprint density at radius 1 is 0.810 bits per heavy atom. The largest absolute Gasteiger partial charge is 0.289 e. The lowest BCUT2D eigenvalue weighted by Gasteiger charge is -2.19. The van der Waals surface area contributed by atoms with Gasteiger partial charge in [-0.3, -0.25) is 4.79 Å². The minimum atomic E-state index is 0.107. The molecule has 0 aliphatic carbocycles. The fraction of sp³-hybridized carbons (Fsp3) is 0.350. The lowest BCUT2D eigenvalue weighted by molar-refractivity contribution is 0.103. The average Bonchev–Trinajstić information content (AvgIpc) is 2.41. The lowest BCUT2D eigenvalue weighted by Crippen LogP contribution is -2.11. The highest BCUT2D eigenvalue weighted by molar-refractivity contribution is 6.10. The number of carbonyl (C=O) groups is 1. The Balaban J connectivity index is 2.39. The first-order valence-corrected chi connectivity index (χ1v) is 7.43. The van der Waals surface area contributed by atoms with E-state index in [4.69, 9.17) is 0 Å². The van der Waals surface area contributed by atoms with Crippen LogP contribution in [0.15, 0.2) is 36.4 Å². The molecule has 0 unspecified atom stereocenters. The van der Waals surface area contributed by atoms with E-state index < -0.39 is 0 Å². The lowest BCUT2D eigenvalue weighted by atomic mass is 9.86. The van der Waals surface area contributed by atoms with E-state index in [1.54, 1.807) is 0 Å². The molecule has 0 bridgehead atoms. The molecule has 0 fully saturated rings. The Labute approximate surface area is 128 Å². The van der Waals surface area contributed by atoms with E-state index in [1.807, 2.05) is 32.0 Å². The Morgan fingerprint density at radius 3 is 1.86 bits per heavy atom. The second-order valence-corrected chi connectivity index (χ2v) is 6.91. The van der Waals surface area contributed by atoms with Gasteiger partial charge in [0.15, 0.2) is 5.78 Å². The molecule has 1 heteroatoms. The SMILES string of the molecule is Cc1cc(C)c(C(=O)c2ccc(C(C)(C)C)cc2)cc1C. The van der Waals surface area contributed by atoms with E-state index >= 15 is 0 Å². The summed E-state index contributed by atoms with van der Waals surface area (Å²) in [5.74, 6) is 0.107. The van der Waals surface area contributed by atoms with Crippen molar-refractivity contribution in [3.8, 4) is 0 Å². The molecule has 2 rings (SSSR count). The normalized spacial score (nSPS) is 11.5. The number of ketones is 1. The Bertz CT molecular complexity index is 670. The molecule has 0 saturated carbocycles. The molecular formula is C20H24O. The monoisotopic (exact) mass is 280 g/mol. The summed E-state index contributed by atoms with van der Waals surface area (Å²) < 4.78 is 0. The van der Waals surface area contributed by atoms with Gasteiger partial charge in [0.1, 0.15) is 0 Å². The van der Waals surface area contributed by atoms with Crippen LogP contribution in [0.4, 0.5) is 0 Å². The maximum atomic E-state index is 12.7. The van der Waals surface area contributed by atoms with Crippen LogP contribution in [-0.4, -0.2) is 5.78 Å². The fourth-order valence-corrected chi connectivity index (χ4v) is 2.48. The molecule has 0 aromatic heterocycles. The highest BCUT2D eigenvalue weighted by Gasteiger charge is 2.16. The minimum Gasteiger partial charge on any atom is -0.289 e. The zero-order valence-electron chi connectivity index (χ0n) is 13.9. The summed E-state index contributed by atoms with van der Waals surface area (Å²) in [7, 11) is 0. The maximum Gasteiger partial charge on any atom is 0.193 e. The van der Waals surface area contributed by atoms with Gasteiger partial charge in [-0.25, -0.2) is 0 Å². The van der Waals surface area contributed by atoms with E-state index in [9.17, 15) is 4.79 Å². The first-order valence-electron chi connectivity index (χ1n) is 7.43. The molecule has 2 aromatic rings. The summed E-state index contributed by atoms with van der Waals surface area (Å²) in [5, 5.41) is 0. The second kappa shape index (κ2) is 5.48. The van der Waals surface area contributed by atoms with E-state index in [-0.39, 0.29) is 11.2 Å². The Hall–Kier alpha value is -1.89. The molecular weight excluding hydrogens is 256 g/mol. The molecule has 0 spiro atoms. The van der Waals surface area contributed by atoms with Gasteiger partial charge in [-0.15, -0.1) is 0 Å². The van der Waals surface area contributed by atoms with Crippen molar-refractivity contribution < 1.29 is 4.79 Å². The van der Waals surface area contributed by atoms with Crippen molar-refractivity contribution in [3.05, 3.63) is 69.8 Å². The Kier molecular flexibility index (Phi) is 4.04. The molecule has 0 radical (unpaired) electrons. The molecule has 0 aliphatic rings. The molecule has 1 nitrogen and oxygen atoms in total. The first-order chi connectivity index (χ1) is 9.70. The molecule has 110 valence electrons. The van der Waals surface area contributed by atoms with Crippen molar-refractivity contribution in [1.82, 2.24) is 0 Å². The quantitative estimate of drug-likeness (QED) is 0.696. The third-order valence-electron chi connectivity index (χ3n) is 4.10. The average molecular weight is 280 g/mol. The number of benzene rings is 2. The summed E-state index contributed by atoms with van der Waals surface area (Å²) in [6.45, 7) is 12.7. The molecule has 0 N–H and O–H groups in total. The van der Waals surface area contributed by atoms with Crippen molar-refractivity contribution >= 4 is 5.78 Å². The highest BCUT2D eigenvalue weighted by Crippen LogP contribution is 2.24. The van der Waals surface area contributed by atoms with Gasteiger partial charge in [0.2, 0.25) is 0 Å². The molecule has 0 aliphatic heterocycles. The van der Waals surface area contributed by atoms with Gasteiger partial charge in [0.05, 0.1) is 0 Å². The van der Waals surface area contributed by atoms with Crippen LogP contribution in [0, 0.1) is 20.8 Å². The van der Waals surface area contributed by atoms with Crippen molar-refractivity contribution in [2.45, 2.75) is 47.0 Å². The van der Waals surface area contributed by atoms with Crippen LogP contribution in [0.3, 0.4) is 0 Å². The van der Waals surface area contributed by atoms with Crippen molar-refractivity contribution in [1.29, 1.82) is 0 Å². The summed E-state index contributed by atoms with van der Waals surface area (Å²) in [4.78, 5) is 12.7. The summed E-state index contributed by atoms with van der Waals surface area (Å²) in [6.07, 6.45) is 0. The zero-order chi connectivity index (χ0) is 15.8. The van der Waals surface area contributed by atoms with Gasteiger partial charge in [-0.1, -0.05) is 51.1 Å². The van der Waals surface area contributed by atoms with Crippen molar-refractivity contribution in [3.63, 3.8) is 0 Å². The summed E-state index contributed by atoms with van der Waals surface area (Å²) >= 11 is 0. The van der Waals surface area contributed by atoms with Crippen LogP contribution >= 0.6 is 0 Å². The van der Waals surface area contributed by atoms with Crippen LogP contribution in [0.5, 0.6) is 0 Å². The number of rotatable bonds is 2. The topological polar surface area (TPSA) is 17.1 Å². The number of aryl methyl sites for hydroxylation is 3. The van der Waals surface area contributed by atoms with Gasteiger partial charge in [-0.05, 0) is 54.5 Å². The zero-order valence-corrected chi connectivity index (χ0v) is 13.9. The number of hydrogen-bond donors (Lipinski definition) is 0. The molecule has 0 saturated heterocycles. The van der Waals surface area contributed by atoms with Gasteiger partial charge in [0, 0.05) is 11.1 Å². The van der Waals surface area contributed by atoms with E-state index in [0.29, 0.717) is 0 Å². The molecule has 0 atom stereocenters. The van der Waals surface area contributed by atoms with Crippen LogP contribution in [-0.2, 0) is 5.41 Å². The summed E-state index contributed by atoms with van der Waals surface area (Å²) in [5.41, 5.74) is 6.36. The van der Waals surface area contributed by atoms with E-state index in [0.717, 1.165) is 22.3 Å². The van der Waals surface area contributed by atoms with Crippen LogP contribution in [0.25, 0.3) is 0 Å². The van der Waals surface area contributed by atoms with Crippen LogP contribution in [0.2, 0.25) is 0 Å². The third kappa shape index (κ3) is 3.24. The fourth-order valence-electron chi connectivity index (χ4n) is 2.48. The van der Waals surface area contributed by atoms with Gasteiger partial charge < -0.3 is 0 Å². The predicted octanol–water partition coefficient (Wildman–Crippen LogP) is 5.14. The minimum absolute atomic E-state index is 0.107. The Morgan fingerprint density at radius 2 is 1.33 bits per heavy atom. The third-order valence-corrected chi connectivity index (χ3v) is 4.10.